The van der Waals surface area contributed by atoms with E-state index in [1.165, 1.54) is 4.31 Å². The minimum atomic E-state index is -3.57. The molecule has 0 saturated carbocycles. The predicted molar refractivity (Wildman–Crippen MR) is 120 cm³/mol. The fourth-order valence-electron chi connectivity index (χ4n) is 3.75. The molecule has 0 amide bonds. The van der Waals surface area contributed by atoms with Crippen molar-refractivity contribution in [3.8, 4) is 17.1 Å². The van der Waals surface area contributed by atoms with Crippen LogP contribution in [0, 0.1) is 0 Å². The van der Waals surface area contributed by atoms with Gasteiger partial charge < -0.3 is 9.64 Å². The van der Waals surface area contributed by atoms with Crippen LogP contribution in [0.3, 0.4) is 0 Å². The van der Waals surface area contributed by atoms with Crippen LogP contribution in [0.2, 0.25) is 0 Å². The van der Waals surface area contributed by atoms with Crippen LogP contribution < -0.4 is 4.90 Å². The maximum atomic E-state index is 13.0. The molecule has 1 aromatic heterocycles. The van der Waals surface area contributed by atoms with E-state index < -0.39 is 10.0 Å². The number of hydrogen-bond acceptors (Lipinski definition) is 6. The molecule has 2 heterocycles. The highest BCUT2D eigenvalue weighted by molar-refractivity contribution is 7.89. The quantitative estimate of drug-likeness (QED) is 0.561. The van der Waals surface area contributed by atoms with Crippen molar-refractivity contribution < 1.29 is 13.2 Å². The summed E-state index contributed by atoms with van der Waals surface area (Å²) < 4.78 is 35.0. The van der Waals surface area contributed by atoms with Gasteiger partial charge in [0.05, 0.1) is 23.8 Å². The second kappa shape index (κ2) is 9.17. The average molecular weight is 442 g/mol. The second-order valence-electron chi connectivity index (χ2n) is 7.21. The topological polar surface area (TPSA) is 80.6 Å². The summed E-state index contributed by atoms with van der Waals surface area (Å²) in [6.45, 7) is 7.23. The molecule has 1 saturated heterocycles. The van der Waals surface area contributed by atoms with Crippen molar-refractivity contribution in [2.24, 2.45) is 0 Å². The van der Waals surface area contributed by atoms with E-state index in [0.29, 0.717) is 37.7 Å². The number of anilines is 1. The second-order valence-corrected chi connectivity index (χ2v) is 9.15. The first kappa shape index (κ1) is 21.5. The monoisotopic (exact) mass is 441 g/mol. The van der Waals surface area contributed by atoms with Gasteiger partial charge in [-0.3, -0.25) is 4.57 Å². The van der Waals surface area contributed by atoms with Crippen molar-refractivity contribution in [1.82, 2.24) is 19.1 Å². The van der Waals surface area contributed by atoms with E-state index in [0.717, 1.165) is 24.7 Å². The third kappa shape index (κ3) is 4.21. The molecule has 0 radical (unpaired) electrons. The van der Waals surface area contributed by atoms with Gasteiger partial charge in [-0.05, 0) is 24.3 Å². The fraction of sp³-hybridized carbons (Fsp3) is 0.364. The molecule has 164 valence electrons. The van der Waals surface area contributed by atoms with Gasteiger partial charge in [-0.1, -0.05) is 44.2 Å². The maximum Gasteiger partial charge on any atom is 0.243 e. The molecule has 0 unspecified atom stereocenters. The Labute approximate surface area is 183 Å². The van der Waals surface area contributed by atoms with Gasteiger partial charge in [-0.25, -0.2) is 8.42 Å². The Morgan fingerprint density at radius 2 is 1.68 bits per heavy atom. The molecule has 0 aliphatic carbocycles. The van der Waals surface area contributed by atoms with Crippen LogP contribution in [0.5, 0.6) is 0 Å². The maximum absolute atomic E-state index is 13.0. The number of morpholine rings is 1. The normalized spacial score (nSPS) is 14.9. The molecule has 1 aliphatic heterocycles. The van der Waals surface area contributed by atoms with Gasteiger partial charge >= 0.3 is 0 Å². The molecule has 0 bridgehead atoms. The first-order valence-electron chi connectivity index (χ1n) is 10.5. The lowest BCUT2D eigenvalue weighted by Crippen LogP contribution is -2.37. The molecule has 9 heteroatoms. The molecular formula is C22H27N5O3S. The molecule has 0 N–H and O–H groups in total. The van der Waals surface area contributed by atoms with Gasteiger partial charge in [-0.15, -0.1) is 10.2 Å². The number of para-hydroxylation sites is 1. The molecule has 1 aliphatic rings. The van der Waals surface area contributed by atoms with Gasteiger partial charge in [0.1, 0.15) is 0 Å². The van der Waals surface area contributed by atoms with Crippen LogP contribution in [0.15, 0.2) is 59.5 Å². The summed E-state index contributed by atoms with van der Waals surface area (Å²) in [6.07, 6.45) is 0. The van der Waals surface area contributed by atoms with Gasteiger partial charge in [0.2, 0.25) is 16.0 Å². The minimum absolute atomic E-state index is 0.254. The highest BCUT2D eigenvalue weighted by atomic mass is 32.2. The van der Waals surface area contributed by atoms with Crippen LogP contribution in [0.1, 0.15) is 13.8 Å². The number of nitrogens with zero attached hydrogens (tertiary/aromatic N) is 5. The standard InChI is InChI=1S/C22H27N5O3S/c1-3-26(4-2)31(28,29)20-12-8-9-18(17-20)21-23-24-22(25-13-15-30-16-14-25)27(21)19-10-6-5-7-11-19/h5-12,17H,3-4,13-16H2,1-2H3. The molecule has 2 aromatic carbocycles. The number of ether oxygens (including phenoxy) is 1. The lowest BCUT2D eigenvalue weighted by molar-refractivity contribution is 0.122. The Kier molecular flexibility index (Phi) is 6.35. The van der Waals surface area contributed by atoms with Crippen LogP contribution >= 0.6 is 0 Å². The first-order chi connectivity index (χ1) is 15.1. The lowest BCUT2D eigenvalue weighted by Gasteiger charge is -2.28. The van der Waals surface area contributed by atoms with Crippen LogP contribution in [0.25, 0.3) is 17.1 Å². The van der Waals surface area contributed by atoms with Crippen molar-refractivity contribution in [3.63, 3.8) is 0 Å². The number of rotatable bonds is 7. The zero-order chi connectivity index (χ0) is 21.8. The summed E-state index contributed by atoms with van der Waals surface area (Å²) in [7, 11) is -3.57. The van der Waals surface area contributed by atoms with Gasteiger partial charge in [-0.2, -0.15) is 4.31 Å². The Bertz CT molecular complexity index is 1120. The van der Waals surface area contributed by atoms with Crippen molar-refractivity contribution >= 4 is 16.0 Å². The molecule has 31 heavy (non-hydrogen) atoms. The van der Waals surface area contributed by atoms with Crippen LogP contribution in [0.4, 0.5) is 5.95 Å². The summed E-state index contributed by atoms with van der Waals surface area (Å²) in [5.41, 5.74) is 1.62. The van der Waals surface area contributed by atoms with Crippen LogP contribution in [-0.4, -0.2) is 66.9 Å². The SMILES string of the molecule is CCN(CC)S(=O)(=O)c1cccc(-c2nnc(N3CCOCC3)n2-c2ccccc2)c1. The Morgan fingerprint density at radius 3 is 2.35 bits per heavy atom. The molecule has 1 fully saturated rings. The minimum Gasteiger partial charge on any atom is -0.378 e. The molecule has 8 nitrogen and oxygen atoms in total. The van der Waals surface area contributed by atoms with Gasteiger partial charge in [0.15, 0.2) is 5.82 Å². The summed E-state index contributed by atoms with van der Waals surface area (Å²) >= 11 is 0. The zero-order valence-corrected chi connectivity index (χ0v) is 18.6. The Hall–Kier alpha value is -2.75. The number of hydrogen-bond donors (Lipinski definition) is 0. The van der Waals surface area contributed by atoms with Crippen molar-refractivity contribution in [2.45, 2.75) is 18.7 Å². The molecule has 0 atom stereocenters. The van der Waals surface area contributed by atoms with Crippen molar-refractivity contribution in [3.05, 3.63) is 54.6 Å². The summed E-state index contributed by atoms with van der Waals surface area (Å²) in [5.74, 6) is 1.32. The molecule has 0 spiro atoms. The van der Waals surface area contributed by atoms with E-state index in [4.69, 9.17) is 4.74 Å². The summed E-state index contributed by atoms with van der Waals surface area (Å²) in [5, 5.41) is 8.94. The number of benzene rings is 2. The van der Waals surface area contributed by atoms with E-state index >= 15 is 0 Å². The van der Waals surface area contributed by atoms with E-state index in [9.17, 15) is 8.42 Å². The third-order valence-corrected chi connectivity index (χ3v) is 7.44. The molecule has 4 rings (SSSR count). The van der Waals surface area contributed by atoms with Crippen molar-refractivity contribution in [2.75, 3.05) is 44.3 Å². The molecular weight excluding hydrogens is 414 g/mol. The predicted octanol–water partition coefficient (Wildman–Crippen LogP) is 2.80. The molecule has 3 aromatic rings. The van der Waals surface area contributed by atoms with Crippen LogP contribution in [-0.2, 0) is 14.8 Å². The van der Waals surface area contributed by atoms with Gasteiger partial charge in [0.25, 0.3) is 0 Å². The fourth-order valence-corrected chi connectivity index (χ4v) is 5.26. The smallest absolute Gasteiger partial charge is 0.243 e. The Morgan fingerprint density at radius 1 is 0.968 bits per heavy atom. The Balaban J connectivity index is 1.83. The zero-order valence-electron chi connectivity index (χ0n) is 17.8. The van der Waals surface area contributed by atoms with E-state index in [-0.39, 0.29) is 4.90 Å². The average Bonchev–Trinajstić information content (AvgIpc) is 3.26. The first-order valence-corrected chi connectivity index (χ1v) is 11.9. The van der Waals surface area contributed by atoms with Gasteiger partial charge in [0, 0.05) is 31.7 Å². The summed E-state index contributed by atoms with van der Waals surface area (Å²) in [6, 6.07) is 16.8. The summed E-state index contributed by atoms with van der Waals surface area (Å²) in [4.78, 5) is 2.40. The third-order valence-electron chi connectivity index (χ3n) is 5.39. The number of aromatic nitrogens is 3. The van der Waals surface area contributed by atoms with E-state index in [2.05, 4.69) is 15.1 Å². The van der Waals surface area contributed by atoms with E-state index in [1.807, 2.05) is 54.8 Å². The van der Waals surface area contributed by atoms with E-state index in [1.54, 1.807) is 18.2 Å². The number of sulfonamides is 1. The van der Waals surface area contributed by atoms with Crippen molar-refractivity contribution in [1.29, 1.82) is 0 Å². The largest absolute Gasteiger partial charge is 0.378 e. The highest BCUT2D eigenvalue weighted by Gasteiger charge is 2.25. The lowest BCUT2D eigenvalue weighted by atomic mass is 10.2. The highest BCUT2D eigenvalue weighted by Crippen LogP contribution is 2.29.